The first kappa shape index (κ1) is 9.89. The van der Waals surface area contributed by atoms with Crippen molar-refractivity contribution >= 4 is 0 Å². The molecule has 1 rings (SSSR count). The Bertz CT molecular complexity index is 104. The Morgan fingerprint density at radius 3 is 2.91 bits per heavy atom. The summed E-state index contributed by atoms with van der Waals surface area (Å²) in [6, 6.07) is 0. The first-order chi connectivity index (χ1) is 5.33. The first-order valence-corrected chi connectivity index (χ1v) is 5.27. The predicted octanol–water partition coefficient (Wildman–Crippen LogP) is 1.81. The van der Waals surface area contributed by atoms with Crippen LogP contribution < -0.4 is 0 Å². The fourth-order valence-corrected chi connectivity index (χ4v) is 1.39. The van der Waals surface area contributed by atoms with Crippen LogP contribution in [0.15, 0.2) is 0 Å². The number of epoxide rings is 1. The van der Waals surface area contributed by atoms with Crippen molar-refractivity contribution in [3.8, 4) is 0 Å². The van der Waals surface area contributed by atoms with Crippen molar-refractivity contribution < 1.29 is 32.7 Å². The average Bonchev–Trinajstić information content (AvgIpc) is 2.81. The van der Waals surface area contributed by atoms with Crippen molar-refractivity contribution in [2.75, 3.05) is 6.61 Å². The molecule has 1 heterocycles. The number of hydrogen-bond acceptors (Lipinski definition) is 2. The third kappa shape index (κ3) is 5.11. The second-order valence-electron chi connectivity index (χ2n) is 3.17. The SMILES string of the molecule is CC(CCCCC1CO1)[O][Zr]. The molecule has 2 nitrogen and oxygen atoms in total. The molecule has 1 aliphatic rings. The molecule has 0 radical (unpaired) electrons. The second-order valence-corrected chi connectivity index (χ2v) is 3.75. The van der Waals surface area contributed by atoms with Crippen LogP contribution in [0, 0.1) is 0 Å². The molecule has 0 saturated carbocycles. The molecule has 0 aromatic heterocycles. The van der Waals surface area contributed by atoms with Crippen LogP contribution in [0.5, 0.6) is 0 Å². The van der Waals surface area contributed by atoms with Crippen LogP contribution in [-0.2, 0) is 32.7 Å². The molecule has 1 saturated heterocycles. The molecule has 2 atom stereocenters. The van der Waals surface area contributed by atoms with Gasteiger partial charge in [0.1, 0.15) is 0 Å². The Morgan fingerprint density at radius 1 is 1.64 bits per heavy atom. The van der Waals surface area contributed by atoms with Gasteiger partial charge in [0.05, 0.1) is 0 Å². The number of ether oxygens (including phenoxy) is 1. The van der Waals surface area contributed by atoms with E-state index < -0.39 is 0 Å². The first-order valence-electron chi connectivity index (χ1n) is 4.27. The van der Waals surface area contributed by atoms with Crippen molar-refractivity contribution in [2.24, 2.45) is 0 Å². The molecule has 63 valence electrons. The van der Waals surface area contributed by atoms with E-state index in [1.54, 1.807) is 0 Å². The summed E-state index contributed by atoms with van der Waals surface area (Å²) in [6.45, 7) is 3.15. The van der Waals surface area contributed by atoms with Crippen molar-refractivity contribution in [3.05, 3.63) is 0 Å². The molecule has 0 amide bonds. The van der Waals surface area contributed by atoms with E-state index in [1.807, 2.05) is 0 Å². The number of rotatable bonds is 6. The van der Waals surface area contributed by atoms with Crippen molar-refractivity contribution in [2.45, 2.75) is 44.8 Å². The van der Waals surface area contributed by atoms with E-state index in [1.165, 1.54) is 50.8 Å². The van der Waals surface area contributed by atoms with E-state index in [4.69, 9.17) is 7.55 Å². The topological polar surface area (TPSA) is 21.8 Å². The fourth-order valence-electron chi connectivity index (χ4n) is 1.10. The van der Waals surface area contributed by atoms with Gasteiger partial charge in [-0.1, -0.05) is 0 Å². The maximum atomic E-state index is 5.23. The average molecular weight is 234 g/mol. The van der Waals surface area contributed by atoms with Crippen molar-refractivity contribution in [3.63, 3.8) is 0 Å². The molecule has 0 aliphatic carbocycles. The Labute approximate surface area is 84.1 Å². The van der Waals surface area contributed by atoms with E-state index in [2.05, 4.69) is 6.92 Å². The minimum atomic E-state index is 0.466. The van der Waals surface area contributed by atoms with Gasteiger partial charge in [-0.2, -0.15) is 0 Å². The van der Waals surface area contributed by atoms with E-state index in [0.29, 0.717) is 12.2 Å². The summed E-state index contributed by atoms with van der Waals surface area (Å²) in [4.78, 5) is 0. The van der Waals surface area contributed by atoms with Crippen LogP contribution in [0.1, 0.15) is 32.6 Å². The van der Waals surface area contributed by atoms with Gasteiger partial charge in [0, 0.05) is 0 Å². The van der Waals surface area contributed by atoms with Gasteiger partial charge in [0.25, 0.3) is 0 Å². The van der Waals surface area contributed by atoms with Gasteiger partial charge < -0.3 is 0 Å². The molecule has 1 fully saturated rings. The van der Waals surface area contributed by atoms with Gasteiger partial charge in [0.2, 0.25) is 0 Å². The summed E-state index contributed by atoms with van der Waals surface area (Å²) < 4.78 is 10.3. The Morgan fingerprint density at radius 2 is 2.36 bits per heavy atom. The monoisotopic (exact) mass is 233 g/mol. The van der Waals surface area contributed by atoms with E-state index in [-0.39, 0.29) is 0 Å². The zero-order chi connectivity index (χ0) is 8.10. The normalized spacial score (nSPS) is 24.9. The van der Waals surface area contributed by atoms with Crippen LogP contribution in [0.25, 0.3) is 0 Å². The summed E-state index contributed by atoms with van der Waals surface area (Å²) in [6.07, 6.45) is 6.12. The Hall–Kier alpha value is 0.803. The van der Waals surface area contributed by atoms with Gasteiger partial charge in [-0.3, -0.25) is 0 Å². The van der Waals surface area contributed by atoms with Gasteiger partial charge >= 0.3 is 84.1 Å². The summed E-state index contributed by atoms with van der Waals surface area (Å²) in [7, 11) is 0. The molecule has 3 heteroatoms. The van der Waals surface area contributed by atoms with Gasteiger partial charge in [-0.05, 0) is 0 Å². The van der Waals surface area contributed by atoms with Gasteiger partial charge in [-0.15, -0.1) is 0 Å². The molecule has 0 aromatic carbocycles. The zero-order valence-electron chi connectivity index (χ0n) is 7.01. The molecule has 0 bridgehead atoms. The summed E-state index contributed by atoms with van der Waals surface area (Å²) in [5.74, 6) is 0. The molecule has 2 unspecified atom stereocenters. The van der Waals surface area contributed by atoms with Crippen LogP contribution in [0.2, 0.25) is 0 Å². The Kier molecular flexibility index (Phi) is 4.90. The van der Waals surface area contributed by atoms with E-state index >= 15 is 0 Å². The quantitative estimate of drug-likeness (QED) is 0.516. The zero-order valence-corrected chi connectivity index (χ0v) is 9.46. The minimum absolute atomic E-state index is 0.466. The van der Waals surface area contributed by atoms with Crippen molar-refractivity contribution in [1.29, 1.82) is 0 Å². The Balaban J connectivity index is 1.79. The molecular formula is C8H15O2Zr. The summed E-state index contributed by atoms with van der Waals surface area (Å²) in [5, 5.41) is 0. The number of unbranched alkanes of at least 4 members (excludes halogenated alkanes) is 1. The third-order valence-corrected chi connectivity index (χ3v) is 2.98. The predicted molar refractivity (Wildman–Crippen MR) is 38.8 cm³/mol. The summed E-state index contributed by atoms with van der Waals surface area (Å²) in [5.41, 5.74) is 0. The van der Waals surface area contributed by atoms with E-state index in [0.717, 1.165) is 6.61 Å². The van der Waals surface area contributed by atoms with Gasteiger partial charge in [-0.25, -0.2) is 0 Å². The maximum absolute atomic E-state index is 5.23. The standard InChI is InChI=1S/C8H15O2.Zr/c1-7(9)4-2-3-5-8-6-10-8;/h7-8H,2-6H2,1H3;/q-1;+1. The van der Waals surface area contributed by atoms with Crippen LogP contribution >= 0.6 is 0 Å². The molecular weight excluding hydrogens is 219 g/mol. The molecule has 11 heavy (non-hydrogen) atoms. The third-order valence-electron chi connectivity index (χ3n) is 1.99. The van der Waals surface area contributed by atoms with E-state index in [9.17, 15) is 0 Å². The number of hydrogen-bond donors (Lipinski definition) is 0. The molecule has 0 spiro atoms. The van der Waals surface area contributed by atoms with Crippen LogP contribution in [0.3, 0.4) is 0 Å². The van der Waals surface area contributed by atoms with Gasteiger partial charge in [0.15, 0.2) is 0 Å². The molecule has 0 aromatic rings. The molecule has 1 aliphatic heterocycles. The molecule has 0 N–H and O–H groups in total. The van der Waals surface area contributed by atoms with Crippen LogP contribution in [0.4, 0.5) is 0 Å². The van der Waals surface area contributed by atoms with Crippen LogP contribution in [-0.4, -0.2) is 18.8 Å². The summed E-state index contributed by atoms with van der Waals surface area (Å²) >= 11 is 1.19. The fraction of sp³-hybridized carbons (Fsp3) is 1.00. The van der Waals surface area contributed by atoms with Crippen molar-refractivity contribution in [1.82, 2.24) is 0 Å². The second kappa shape index (κ2) is 5.45.